The average Bonchev–Trinajstić information content (AvgIpc) is 2.96. The number of allylic oxidation sites excluding steroid dienone is 1. The molecule has 2 aromatic rings. The standard InChI is InChI=1S/C19H25N3O4/c1-5-13-22-16(20-21-18(22)24)8-6-7-14-9-11-15(12-10-14)26-19(2,3)17(23)25-4/h5,9-12H,1,6-8,13H2,2-4H3,(H,21,24). The van der Waals surface area contributed by atoms with Crippen molar-refractivity contribution in [3.63, 3.8) is 0 Å². The van der Waals surface area contributed by atoms with Gasteiger partial charge in [-0.2, -0.15) is 5.10 Å². The van der Waals surface area contributed by atoms with Gasteiger partial charge in [0.2, 0.25) is 0 Å². The number of nitrogens with one attached hydrogen (secondary N) is 1. The SMILES string of the molecule is C=CCn1c(CCCc2ccc(OC(C)(C)C(=O)OC)cc2)n[nH]c1=O. The largest absolute Gasteiger partial charge is 0.476 e. The van der Waals surface area contributed by atoms with Gasteiger partial charge in [0.05, 0.1) is 7.11 Å². The molecule has 1 N–H and O–H groups in total. The number of aryl methyl sites for hydroxylation is 2. The molecule has 1 aromatic heterocycles. The number of aromatic amines is 1. The summed E-state index contributed by atoms with van der Waals surface area (Å²) < 4.78 is 12.0. The molecule has 0 unspecified atom stereocenters. The summed E-state index contributed by atoms with van der Waals surface area (Å²) in [4.78, 5) is 23.3. The number of aromatic nitrogens is 3. The van der Waals surface area contributed by atoms with Crippen LogP contribution >= 0.6 is 0 Å². The Bertz CT molecular complexity index is 803. The Hall–Kier alpha value is -2.83. The smallest absolute Gasteiger partial charge is 0.349 e. The number of hydrogen-bond donors (Lipinski definition) is 1. The highest BCUT2D eigenvalue weighted by Crippen LogP contribution is 2.20. The Balaban J connectivity index is 1.91. The summed E-state index contributed by atoms with van der Waals surface area (Å²) in [5.41, 5.74) is -0.110. The Labute approximate surface area is 152 Å². The van der Waals surface area contributed by atoms with Crippen LogP contribution in [0.5, 0.6) is 5.75 Å². The number of benzene rings is 1. The second-order valence-corrected chi connectivity index (χ2v) is 6.45. The number of ether oxygens (including phenoxy) is 2. The van der Waals surface area contributed by atoms with Gasteiger partial charge in [0.15, 0.2) is 5.60 Å². The van der Waals surface area contributed by atoms with Crippen molar-refractivity contribution < 1.29 is 14.3 Å². The highest BCUT2D eigenvalue weighted by Gasteiger charge is 2.30. The molecule has 1 heterocycles. The Morgan fingerprint density at radius 3 is 2.62 bits per heavy atom. The third-order valence-electron chi connectivity index (χ3n) is 3.99. The van der Waals surface area contributed by atoms with Crippen LogP contribution in [-0.4, -0.2) is 33.4 Å². The molecule has 0 atom stereocenters. The lowest BCUT2D eigenvalue weighted by molar-refractivity contribution is -0.156. The van der Waals surface area contributed by atoms with Crippen LogP contribution < -0.4 is 10.4 Å². The second kappa shape index (κ2) is 8.51. The van der Waals surface area contributed by atoms with Crippen molar-refractivity contribution in [1.82, 2.24) is 14.8 Å². The number of carbonyl (C=O) groups is 1. The van der Waals surface area contributed by atoms with E-state index in [2.05, 4.69) is 16.8 Å². The van der Waals surface area contributed by atoms with Crippen molar-refractivity contribution in [1.29, 1.82) is 0 Å². The van der Waals surface area contributed by atoms with Gasteiger partial charge in [-0.15, -0.1) is 6.58 Å². The fraction of sp³-hybridized carbons (Fsp3) is 0.421. The number of carbonyl (C=O) groups excluding carboxylic acids is 1. The van der Waals surface area contributed by atoms with E-state index in [1.165, 1.54) is 7.11 Å². The molecule has 7 heteroatoms. The van der Waals surface area contributed by atoms with Crippen LogP contribution in [0.15, 0.2) is 41.7 Å². The maximum Gasteiger partial charge on any atom is 0.349 e. The topological polar surface area (TPSA) is 86.2 Å². The summed E-state index contributed by atoms with van der Waals surface area (Å²) in [6.07, 6.45) is 4.07. The molecule has 0 aliphatic rings. The fourth-order valence-electron chi connectivity index (χ4n) is 2.62. The molecule has 7 nitrogen and oxygen atoms in total. The number of methoxy groups -OCH3 is 1. The van der Waals surface area contributed by atoms with Gasteiger partial charge < -0.3 is 9.47 Å². The zero-order valence-corrected chi connectivity index (χ0v) is 15.4. The Morgan fingerprint density at radius 2 is 2.00 bits per heavy atom. The summed E-state index contributed by atoms with van der Waals surface area (Å²) in [5, 5.41) is 6.53. The summed E-state index contributed by atoms with van der Waals surface area (Å²) in [7, 11) is 1.34. The number of nitrogens with zero attached hydrogens (tertiary/aromatic N) is 2. The van der Waals surface area contributed by atoms with Gasteiger partial charge in [0.25, 0.3) is 0 Å². The minimum absolute atomic E-state index is 0.213. The lowest BCUT2D eigenvalue weighted by Crippen LogP contribution is -2.39. The Morgan fingerprint density at radius 1 is 1.31 bits per heavy atom. The molecule has 0 bridgehead atoms. The van der Waals surface area contributed by atoms with E-state index >= 15 is 0 Å². The number of hydrogen-bond acceptors (Lipinski definition) is 5. The zero-order valence-electron chi connectivity index (χ0n) is 15.4. The first kappa shape index (κ1) is 19.5. The van der Waals surface area contributed by atoms with Crippen LogP contribution in [0, 0.1) is 0 Å². The molecule has 1 aromatic carbocycles. The normalized spacial score (nSPS) is 11.2. The van der Waals surface area contributed by atoms with Crippen LogP contribution in [0.2, 0.25) is 0 Å². The second-order valence-electron chi connectivity index (χ2n) is 6.45. The third kappa shape index (κ3) is 4.84. The van der Waals surface area contributed by atoms with Gasteiger partial charge in [-0.3, -0.25) is 4.57 Å². The van der Waals surface area contributed by atoms with Gasteiger partial charge in [-0.05, 0) is 44.4 Å². The number of rotatable bonds is 9. The van der Waals surface area contributed by atoms with Crippen LogP contribution in [0.25, 0.3) is 0 Å². The maximum atomic E-state index is 11.7. The van der Waals surface area contributed by atoms with Crippen molar-refractivity contribution in [3.8, 4) is 5.75 Å². The zero-order chi connectivity index (χ0) is 19.2. The molecule has 0 fully saturated rings. The molecule has 0 saturated carbocycles. The first-order valence-electron chi connectivity index (χ1n) is 8.48. The van der Waals surface area contributed by atoms with Crippen molar-refractivity contribution in [2.75, 3.05) is 7.11 Å². The molecular weight excluding hydrogens is 334 g/mol. The molecule has 0 radical (unpaired) electrons. The third-order valence-corrected chi connectivity index (χ3v) is 3.99. The van der Waals surface area contributed by atoms with Crippen LogP contribution in [-0.2, 0) is 28.9 Å². The van der Waals surface area contributed by atoms with Gasteiger partial charge >= 0.3 is 11.7 Å². The molecule has 140 valence electrons. The van der Waals surface area contributed by atoms with Crippen molar-refractivity contribution in [3.05, 3.63) is 58.8 Å². The first-order valence-corrected chi connectivity index (χ1v) is 8.48. The van der Waals surface area contributed by atoms with E-state index in [0.29, 0.717) is 18.7 Å². The fourth-order valence-corrected chi connectivity index (χ4v) is 2.62. The molecular formula is C19H25N3O4. The summed E-state index contributed by atoms with van der Waals surface area (Å²) >= 11 is 0. The van der Waals surface area contributed by atoms with Crippen LogP contribution in [0.3, 0.4) is 0 Å². The van der Waals surface area contributed by atoms with Crippen molar-refractivity contribution in [2.24, 2.45) is 0 Å². The highest BCUT2D eigenvalue weighted by molar-refractivity contribution is 5.78. The predicted octanol–water partition coefficient (Wildman–Crippen LogP) is 2.26. The van der Waals surface area contributed by atoms with Gasteiger partial charge in [0, 0.05) is 13.0 Å². The van der Waals surface area contributed by atoms with E-state index in [1.807, 2.05) is 24.3 Å². The lowest BCUT2D eigenvalue weighted by Gasteiger charge is -2.23. The summed E-state index contributed by atoms with van der Waals surface area (Å²) in [5.74, 6) is 0.914. The van der Waals surface area contributed by atoms with Crippen molar-refractivity contribution in [2.45, 2.75) is 45.3 Å². The molecule has 26 heavy (non-hydrogen) atoms. The highest BCUT2D eigenvalue weighted by atomic mass is 16.6. The van der Waals surface area contributed by atoms with Crippen LogP contribution in [0.4, 0.5) is 0 Å². The number of esters is 1. The molecule has 0 saturated heterocycles. The first-order chi connectivity index (χ1) is 12.4. The van der Waals surface area contributed by atoms with Gasteiger partial charge in [0.1, 0.15) is 11.6 Å². The van der Waals surface area contributed by atoms with Gasteiger partial charge in [-0.25, -0.2) is 14.7 Å². The average molecular weight is 359 g/mol. The molecule has 0 aliphatic carbocycles. The van der Waals surface area contributed by atoms with Crippen LogP contribution in [0.1, 0.15) is 31.7 Å². The molecule has 2 rings (SSSR count). The number of H-pyrrole nitrogens is 1. The van der Waals surface area contributed by atoms with Crippen molar-refractivity contribution >= 4 is 5.97 Å². The van der Waals surface area contributed by atoms with E-state index < -0.39 is 11.6 Å². The molecule has 0 amide bonds. The maximum absolute atomic E-state index is 11.7. The quantitative estimate of drug-likeness (QED) is 0.548. The summed E-state index contributed by atoms with van der Waals surface area (Å²) in [6, 6.07) is 7.60. The van der Waals surface area contributed by atoms with E-state index in [4.69, 9.17) is 9.47 Å². The molecule has 0 spiro atoms. The van der Waals surface area contributed by atoms with E-state index in [9.17, 15) is 9.59 Å². The minimum atomic E-state index is -1.04. The van der Waals surface area contributed by atoms with E-state index in [-0.39, 0.29) is 5.69 Å². The minimum Gasteiger partial charge on any atom is -0.476 e. The lowest BCUT2D eigenvalue weighted by atomic mass is 10.1. The predicted molar refractivity (Wildman–Crippen MR) is 98.2 cm³/mol. The Kier molecular flexibility index (Phi) is 6.38. The summed E-state index contributed by atoms with van der Waals surface area (Å²) in [6.45, 7) is 7.44. The van der Waals surface area contributed by atoms with Gasteiger partial charge in [-0.1, -0.05) is 18.2 Å². The van der Waals surface area contributed by atoms with E-state index in [0.717, 1.165) is 24.2 Å². The monoisotopic (exact) mass is 359 g/mol. The van der Waals surface area contributed by atoms with E-state index in [1.54, 1.807) is 24.5 Å². The molecule has 0 aliphatic heterocycles.